The lowest BCUT2D eigenvalue weighted by molar-refractivity contribution is -0.139. The van der Waals surface area contributed by atoms with E-state index in [2.05, 4.69) is 15.5 Å². The summed E-state index contributed by atoms with van der Waals surface area (Å²) in [5, 5.41) is 11.1. The lowest BCUT2D eigenvalue weighted by atomic mass is 9.97. The Morgan fingerprint density at radius 2 is 1.85 bits per heavy atom. The maximum atomic E-state index is 12.9. The smallest absolute Gasteiger partial charge is 0.319 e. The van der Waals surface area contributed by atoms with Crippen LogP contribution >= 0.6 is 0 Å². The fraction of sp³-hybridized carbons (Fsp3) is 0.500. The molecule has 0 aliphatic carbocycles. The SMILES string of the molecule is CN(C)C(=O)N1CCN(C(=O)Cc2ccc(-n3cnnn3)cc2)C(C)(C)C1. The predicted octanol–water partition coefficient (Wildman–Crippen LogP) is 0.809. The topological polar surface area (TPSA) is 87.5 Å². The molecule has 9 heteroatoms. The average molecular weight is 371 g/mol. The van der Waals surface area contributed by atoms with Gasteiger partial charge in [0.05, 0.1) is 17.6 Å². The van der Waals surface area contributed by atoms with Gasteiger partial charge in [-0.3, -0.25) is 4.79 Å². The first-order chi connectivity index (χ1) is 12.8. The molecule has 1 aliphatic rings. The second kappa shape index (κ2) is 7.34. The van der Waals surface area contributed by atoms with Crippen LogP contribution in [0, 0.1) is 0 Å². The molecule has 2 aromatic rings. The third-order valence-electron chi connectivity index (χ3n) is 4.76. The standard InChI is InChI=1S/C18H25N7O2/c1-18(2)12-23(17(27)22(3)4)9-10-24(18)16(26)11-14-5-7-15(8-6-14)25-13-19-20-21-25/h5-8,13H,9-12H2,1-4H3. The number of nitrogens with zero attached hydrogens (tertiary/aromatic N) is 7. The minimum Gasteiger partial charge on any atom is -0.334 e. The number of carbonyl (C=O) groups is 2. The van der Waals surface area contributed by atoms with Gasteiger partial charge in [0.15, 0.2) is 0 Å². The second-order valence-electron chi connectivity index (χ2n) is 7.55. The number of rotatable bonds is 3. The first-order valence-corrected chi connectivity index (χ1v) is 8.87. The van der Waals surface area contributed by atoms with Gasteiger partial charge in [-0.1, -0.05) is 12.1 Å². The number of hydrogen-bond donors (Lipinski definition) is 0. The molecule has 144 valence electrons. The Kier molecular flexibility index (Phi) is 5.11. The molecule has 2 heterocycles. The van der Waals surface area contributed by atoms with Crippen molar-refractivity contribution in [3.8, 4) is 5.69 Å². The third-order valence-corrected chi connectivity index (χ3v) is 4.76. The van der Waals surface area contributed by atoms with E-state index in [1.54, 1.807) is 28.6 Å². The molecule has 0 radical (unpaired) electrons. The largest absolute Gasteiger partial charge is 0.334 e. The van der Waals surface area contributed by atoms with E-state index in [-0.39, 0.29) is 11.9 Å². The van der Waals surface area contributed by atoms with Gasteiger partial charge in [-0.25, -0.2) is 9.48 Å². The number of piperazine rings is 1. The van der Waals surface area contributed by atoms with E-state index in [9.17, 15) is 9.59 Å². The molecule has 1 aromatic carbocycles. The van der Waals surface area contributed by atoms with Crippen molar-refractivity contribution >= 4 is 11.9 Å². The van der Waals surface area contributed by atoms with Crippen molar-refractivity contribution in [1.29, 1.82) is 0 Å². The Morgan fingerprint density at radius 3 is 2.41 bits per heavy atom. The maximum absolute atomic E-state index is 12.9. The Morgan fingerprint density at radius 1 is 1.15 bits per heavy atom. The van der Waals surface area contributed by atoms with Crippen LogP contribution in [-0.4, -0.2) is 86.1 Å². The summed E-state index contributed by atoms with van der Waals surface area (Å²) in [5.74, 6) is 0.0622. The summed E-state index contributed by atoms with van der Waals surface area (Å²) in [6.45, 7) is 5.61. The van der Waals surface area contributed by atoms with Crippen molar-refractivity contribution in [2.24, 2.45) is 0 Å². The van der Waals surface area contributed by atoms with Gasteiger partial charge >= 0.3 is 6.03 Å². The van der Waals surface area contributed by atoms with Crippen LogP contribution < -0.4 is 0 Å². The Hall–Kier alpha value is -2.97. The first-order valence-electron chi connectivity index (χ1n) is 8.87. The summed E-state index contributed by atoms with van der Waals surface area (Å²) in [7, 11) is 3.48. The zero-order valence-corrected chi connectivity index (χ0v) is 16.2. The van der Waals surface area contributed by atoms with Gasteiger partial charge in [0, 0.05) is 33.7 Å². The summed E-state index contributed by atoms with van der Waals surface area (Å²) >= 11 is 0. The predicted molar refractivity (Wildman–Crippen MR) is 99.3 cm³/mol. The van der Waals surface area contributed by atoms with Gasteiger partial charge < -0.3 is 14.7 Å². The number of benzene rings is 1. The molecule has 27 heavy (non-hydrogen) atoms. The molecule has 0 spiro atoms. The van der Waals surface area contributed by atoms with Gasteiger partial charge in [0.2, 0.25) is 5.91 Å². The van der Waals surface area contributed by atoms with E-state index in [0.717, 1.165) is 11.3 Å². The highest BCUT2D eigenvalue weighted by Crippen LogP contribution is 2.23. The molecule has 0 saturated carbocycles. The highest BCUT2D eigenvalue weighted by Gasteiger charge is 2.38. The van der Waals surface area contributed by atoms with Crippen LogP contribution in [0.1, 0.15) is 19.4 Å². The van der Waals surface area contributed by atoms with Crippen molar-refractivity contribution in [3.05, 3.63) is 36.2 Å². The summed E-state index contributed by atoms with van der Waals surface area (Å²) < 4.78 is 1.57. The van der Waals surface area contributed by atoms with Crippen LogP contribution in [0.25, 0.3) is 5.69 Å². The van der Waals surface area contributed by atoms with E-state index in [1.165, 1.54) is 6.33 Å². The van der Waals surface area contributed by atoms with E-state index in [4.69, 9.17) is 0 Å². The molecule has 1 fully saturated rings. The van der Waals surface area contributed by atoms with Crippen LogP contribution in [-0.2, 0) is 11.2 Å². The summed E-state index contributed by atoms with van der Waals surface area (Å²) in [4.78, 5) is 30.3. The van der Waals surface area contributed by atoms with Crippen molar-refractivity contribution in [2.45, 2.75) is 25.8 Å². The summed E-state index contributed by atoms with van der Waals surface area (Å²) in [6.07, 6.45) is 1.85. The van der Waals surface area contributed by atoms with Gasteiger partial charge in [0.25, 0.3) is 0 Å². The monoisotopic (exact) mass is 371 g/mol. The van der Waals surface area contributed by atoms with Gasteiger partial charge in [-0.15, -0.1) is 5.10 Å². The van der Waals surface area contributed by atoms with Gasteiger partial charge in [0.1, 0.15) is 6.33 Å². The minimum atomic E-state index is -0.409. The number of carbonyl (C=O) groups excluding carboxylic acids is 2. The first kappa shape index (κ1) is 18.8. The highest BCUT2D eigenvalue weighted by atomic mass is 16.2. The van der Waals surface area contributed by atoms with Crippen LogP contribution in [0.5, 0.6) is 0 Å². The Bertz CT molecular complexity index is 800. The van der Waals surface area contributed by atoms with Crippen molar-refractivity contribution in [2.75, 3.05) is 33.7 Å². The van der Waals surface area contributed by atoms with Gasteiger partial charge in [-0.05, 0) is 42.0 Å². The molecule has 0 bridgehead atoms. The third kappa shape index (κ3) is 4.07. The zero-order chi connectivity index (χ0) is 19.6. The highest BCUT2D eigenvalue weighted by molar-refractivity contribution is 5.80. The summed E-state index contributed by atoms with van der Waals surface area (Å²) in [6, 6.07) is 7.57. The van der Waals surface area contributed by atoms with Crippen molar-refractivity contribution in [1.82, 2.24) is 34.9 Å². The average Bonchev–Trinajstić information content (AvgIpc) is 3.15. The molecular weight excluding hydrogens is 346 g/mol. The molecule has 1 aliphatic heterocycles. The molecule has 9 nitrogen and oxygen atoms in total. The minimum absolute atomic E-state index is 0.0200. The number of amides is 3. The van der Waals surface area contributed by atoms with E-state index in [1.807, 2.05) is 43.0 Å². The normalized spacial score (nSPS) is 16.3. The van der Waals surface area contributed by atoms with Gasteiger partial charge in [-0.2, -0.15) is 0 Å². The fourth-order valence-electron chi connectivity index (χ4n) is 3.38. The quantitative estimate of drug-likeness (QED) is 0.797. The van der Waals surface area contributed by atoms with Crippen LogP contribution in [0.3, 0.4) is 0 Å². The van der Waals surface area contributed by atoms with Crippen LogP contribution in [0.4, 0.5) is 4.79 Å². The number of tetrazole rings is 1. The van der Waals surface area contributed by atoms with Crippen molar-refractivity contribution < 1.29 is 9.59 Å². The molecule has 3 amide bonds. The van der Waals surface area contributed by atoms with Crippen LogP contribution in [0.15, 0.2) is 30.6 Å². The maximum Gasteiger partial charge on any atom is 0.319 e. The lowest BCUT2D eigenvalue weighted by Crippen LogP contribution is -2.63. The molecule has 1 saturated heterocycles. The molecule has 0 N–H and O–H groups in total. The molecule has 0 atom stereocenters. The zero-order valence-electron chi connectivity index (χ0n) is 16.2. The van der Waals surface area contributed by atoms with E-state index in [0.29, 0.717) is 26.1 Å². The Labute approximate surface area is 158 Å². The molecular formula is C18H25N7O2. The Balaban J connectivity index is 1.65. The van der Waals surface area contributed by atoms with Crippen LogP contribution in [0.2, 0.25) is 0 Å². The van der Waals surface area contributed by atoms with E-state index >= 15 is 0 Å². The number of aromatic nitrogens is 4. The molecule has 1 aromatic heterocycles. The lowest BCUT2D eigenvalue weighted by Gasteiger charge is -2.47. The number of urea groups is 1. The fourth-order valence-corrected chi connectivity index (χ4v) is 3.38. The van der Waals surface area contributed by atoms with E-state index < -0.39 is 5.54 Å². The van der Waals surface area contributed by atoms with Crippen molar-refractivity contribution in [3.63, 3.8) is 0 Å². The summed E-state index contributed by atoms with van der Waals surface area (Å²) in [5.41, 5.74) is 1.36. The number of hydrogen-bond acceptors (Lipinski definition) is 5. The molecule has 3 rings (SSSR count). The molecule has 0 unspecified atom stereocenters. The second-order valence-corrected chi connectivity index (χ2v) is 7.55.